The van der Waals surface area contributed by atoms with Gasteiger partial charge in [0.15, 0.2) is 0 Å². The lowest BCUT2D eigenvalue weighted by Gasteiger charge is -2.38. The Balaban J connectivity index is 1.45. The first-order valence-corrected chi connectivity index (χ1v) is 12.5. The topological polar surface area (TPSA) is 41.1 Å². The van der Waals surface area contributed by atoms with Crippen molar-refractivity contribution in [2.75, 3.05) is 11.9 Å². The van der Waals surface area contributed by atoms with E-state index in [9.17, 15) is 4.79 Å². The molecule has 3 heteroatoms. The van der Waals surface area contributed by atoms with Crippen LogP contribution in [-0.2, 0) is 0 Å². The molecule has 0 fully saturated rings. The third kappa shape index (κ3) is 3.47. The number of hydrogen-bond acceptors (Lipinski definition) is 2. The van der Waals surface area contributed by atoms with Gasteiger partial charge in [0.05, 0.1) is 6.04 Å². The summed E-state index contributed by atoms with van der Waals surface area (Å²) in [6.07, 6.45) is 7.79. The maximum atomic E-state index is 12.7. The Morgan fingerprint density at radius 2 is 1.71 bits per heavy atom. The van der Waals surface area contributed by atoms with Gasteiger partial charge in [-0.2, -0.15) is 0 Å². The molecule has 1 aliphatic carbocycles. The van der Waals surface area contributed by atoms with Crippen LogP contribution in [0.2, 0.25) is 0 Å². The van der Waals surface area contributed by atoms with E-state index in [4.69, 9.17) is 0 Å². The third-order valence-corrected chi connectivity index (χ3v) is 7.56. The molecule has 2 aliphatic rings. The molecule has 4 aromatic carbocycles. The molecule has 170 valence electrons. The van der Waals surface area contributed by atoms with E-state index in [0.29, 0.717) is 11.8 Å². The smallest absolute Gasteiger partial charge is 0.251 e. The lowest BCUT2D eigenvalue weighted by atomic mass is 9.75. The molecule has 0 spiro atoms. The Morgan fingerprint density at radius 3 is 2.44 bits per heavy atom. The highest BCUT2D eigenvalue weighted by Gasteiger charge is 2.39. The zero-order chi connectivity index (χ0) is 23.1. The van der Waals surface area contributed by atoms with Crippen molar-refractivity contribution in [3.63, 3.8) is 0 Å². The molecule has 1 heterocycles. The first kappa shape index (κ1) is 21.0. The number of carbonyl (C=O) groups excluding carboxylic acids is 1. The van der Waals surface area contributed by atoms with Gasteiger partial charge in [-0.3, -0.25) is 4.79 Å². The largest absolute Gasteiger partial charge is 0.378 e. The highest BCUT2D eigenvalue weighted by Crippen LogP contribution is 2.52. The second-order valence-electron chi connectivity index (χ2n) is 9.62. The molecule has 2 N–H and O–H groups in total. The van der Waals surface area contributed by atoms with Crippen LogP contribution >= 0.6 is 0 Å². The summed E-state index contributed by atoms with van der Waals surface area (Å²) in [6.45, 7) is 2.87. The van der Waals surface area contributed by atoms with E-state index >= 15 is 0 Å². The molecule has 0 radical (unpaired) electrons. The summed E-state index contributed by atoms with van der Waals surface area (Å²) >= 11 is 0. The summed E-state index contributed by atoms with van der Waals surface area (Å²) in [5.41, 5.74) is 4.52. The lowest BCUT2D eigenvalue weighted by Crippen LogP contribution is -2.30. The minimum atomic E-state index is 0.0250. The molecule has 0 aromatic heterocycles. The van der Waals surface area contributed by atoms with Crippen molar-refractivity contribution in [1.29, 1.82) is 0 Å². The van der Waals surface area contributed by atoms with E-state index in [1.165, 1.54) is 32.7 Å². The number of carbonyl (C=O) groups is 1. The van der Waals surface area contributed by atoms with Crippen LogP contribution in [0.25, 0.3) is 21.5 Å². The molecule has 1 aliphatic heterocycles. The molecule has 0 bridgehead atoms. The van der Waals surface area contributed by atoms with Crippen LogP contribution in [0, 0.1) is 5.92 Å². The average Bonchev–Trinajstić information content (AvgIpc) is 3.37. The van der Waals surface area contributed by atoms with Crippen molar-refractivity contribution in [2.24, 2.45) is 5.92 Å². The first-order chi connectivity index (χ1) is 16.7. The SMILES string of the molecule is CCCCNC(=O)c1ccc2c(c1)C1C=CCC1C(c1c3ccccc3cc3ccccc13)N2. The van der Waals surface area contributed by atoms with Crippen molar-refractivity contribution in [2.45, 2.75) is 38.1 Å². The fourth-order valence-corrected chi connectivity index (χ4v) is 5.89. The van der Waals surface area contributed by atoms with Gasteiger partial charge in [0, 0.05) is 23.7 Å². The van der Waals surface area contributed by atoms with E-state index in [2.05, 4.69) is 96.4 Å². The zero-order valence-corrected chi connectivity index (χ0v) is 19.6. The summed E-state index contributed by atoms with van der Waals surface area (Å²) in [7, 11) is 0. The second kappa shape index (κ2) is 8.64. The highest BCUT2D eigenvalue weighted by molar-refractivity contribution is 6.03. The van der Waals surface area contributed by atoms with Gasteiger partial charge in [-0.15, -0.1) is 0 Å². The second-order valence-corrected chi connectivity index (χ2v) is 9.62. The Morgan fingerprint density at radius 1 is 0.971 bits per heavy atom. The van der Waals surface area contributed by atoms with E-state index in [0.717, 1.165) is 37.1 Å². The number of fused-ring (bicyclic) bond motifs is 5. The molecule has 6 rings (SSSR count). The lowest BCUT2D eigenvalue weighted by molar-refractivity contribution is 0.0953. The monoisotopic (exact) mass is 446 g/mol. The Bertz CT molecular complexity index is 1370. The number of allylic oxidation sites excluding steroid dienone is 2. The third-order valence-electron chi connectivity index (χ3n) is 7.56. The van der Waals surface area contributed by atoms with Gasteiger partial charge in [0.1, 0.15) is 0 Å². The molecule has 34 heavy (non-hydrogen) atoms. The zero-order valence-electron chi connectivity index (χ0n) is 19.6. The van der Waals surface area contributed by atoms with Crippen LogP contribution in [0.5, 0.6) is 0 Å². The van der Waals surface area contributed by atoms with E-state index in [1.807, 2.05) is 6.07 Å². The standard InChI is InChI=1S/C31H30N2O/c1-2-3-17-32-31(34)22-15-16-28-27(19-22)25-13-8-14-26(25)30(33-28)29-23-11-6-4-9-20(23)18-21-10-5-7-12-24(21)29/h4-13,15-16,18-19,25-26,30,33H,2-3,14,17H2,1H3,(H,32,34). The van der Waals surface area contributed by atoms with Crippen LogP contribution in [0.4, 0.5) is 5.69 Å². The number of rotatable bonds is 5. The predicted octanol–water partition coefficient (Wildman–Crippen LogP) is 7.35. The van der Waals surface area contributed by atoms with Crippen LogP contribution in [0.1, 0.15) is 59.6 Å². The summed E-state index contributed by atoms with van der Waals surface area (Å²) in [5.74, 6) is 0.749. The molecule has 4 aromatic rings. The van der Waals surface area contributed by atoms with E-state index in [-0.39, 0.29) is 11.9 Å². The summed E-state index contributed by atoms with van der Waals surface area (Å²) in [4.78, 5) is 12.7. The number of unbranched alkanes of at least 4 members (excludes halogenated alkanes) is 1. The number of nitrogens with one attached hydrogen (secondary N) is 2. The minimum Gasteiger partial charge on any atom is -0.378 e. The Kier molecular flexibility index (Phi) is 5.33. The Hall–Kier alpha value is -3.59. The van der Waals surface area contributed by atoms with Gasteiger partial charge in [-0.05, 0) is 75.7 Å². The van der Waals surface area contributed by atoms with Crippen LogP contribution in [0.3, 0.4) is 0 Å². The van der Waals surface area contributed by atoms with Crippen molar-refractivity contribution < 1.29 is 4.79 Å². The number of anilines is 1. The molecule has 3 nitrogen and oxygen atoms in total. The van der Waals surface area contributed by atoms with Crippen LogP contribution in [-0.4, -0.2) is 12.5 Å². The molecule has 0 saturated heterocycles. The quantitative estimate of drug-likeness (QED) is 0.191. The van der Waals surface area contributed by atoms with Gasteiger partial charge in [-0.25, -0.2) is 0 Å². The van der Waals surface area contributed by atoms with Crippen molar-refractivity contribution >= 4 is 33.1 Å². The molecule has 3 unspecified atom stereocenters. The summed E-state index contributed by atoms with van der Waals surface area (Å²) < 4.78 is 0. The number of amides is 1. The Labute approximate surface area is 200 Å². The summed E-state index contributed by atoms with van der Waals surface area (Å²) in [6, 6.07) is 26.2. The van der Waals surface area contributed by atoms with Gasteiger partial charge in [0.25, 0.3) is 5.91 Å². The first-order valence-electron chi connectivity index (χ1n) is 12.5. The number of hydrogen-bond donors (Lipinski definition) is 2. The molecular formula is C31H30N2O. The minimum absolute atomic E-state index is 0.0250. The van der Waals surface area contributed by atoms with Crippen LogP contribution < -0.4 is 10.6 Å². The number of benzene rings is 4. The molecule has 3 atom stereocenters. The van der Waals surface area contributed by atoms with Crippen molar-refractivity contribution in [3.8, 4) is 0 Å². The van der Waals surface area contributed by atoms with Crippen molar-refractivity contribution in [3.05, 3.63) is 102 Å². The van der Waals surface area contributed by atoms with E-state index in [1.54, 1.807) is 0 Å². The fraction of sp³-hybridized carbons (Fsp3) is 0.258. The van der Waals surface area contributed by atoms with Gasteiger partial charge in [0.2, 0.25) is 0 Å². The highest BCUT2D eigenvalue weighted by atomic mass is 16.1. The maximum absolute atomic E-state index is 12.7. The van der Waals surface area contributed by atoms with Gasteiger partial charge >= 0.3 is 0 Å². The molecule has 1 amide bonds. The fourth-order valence-electron chi connectivity index (χ4n) is 5.89. The predicted molar refractivity (Wildman–Crippen MR) is 141 cm³/mol. The van der Waals surface area contributed by atoms with E-state index < -0.39 is 0 Å². The van der Waals surface area contributed by atoms with Gasteiger partial charge < -0.3 is 10.6 Å². The summed E-state index contributed by atoms with van der Waals surface area (Å²) in [5, 5.41) is 12.2. The van der Waals surface area contributed by atoms with Crippen LogP contribution in [0.15, 0.2) is 84.9 Å². The normalized spacial score (nSPS) is 20.7. The maximum Gasteiger partial charge on any atom is 0.251 e. The average molecular weight is 447 g/mol. The molecular weight excluding hydrogens is 416 g/mol. The molecule has 0 saturated carbocycles. The van der Waals surface area contributed by atoms with Crippen molar-refractivity contribution in [1.82, 2.24) is 5.32 Å². The van der Waals surface area contributed by atoms with Gasteiger partial charge in [-0.1, -0.05) is 74.0 Å².